The van der Waals surface area contributed by atoms with E-state index < -0.39 is 23.2 Å². The number of rotatable bonds is 4. The van der Waals surface area contributed by atoms with Crippen molar-refractivity contribution in [3.05, 3.63) is 35.4 Å². The van der Waals surface area contributed by atoms with E-state index in [0.717, 1.165) is 31.4 Å². The zero-order chi connectivity index (χ0) is 20.7. The van der Waals surface area contributed by atoms with E-state index in [4.69, 9.17) is 11.5 Å². The van der Waals surface area contributed by atoms with Crippen LogP contribution in [-0.4, -0.2) is 17.9 Å². The number of amides is 2. The van der Waals surface area contributed by atoms with Crippen LogP contribution in [0.1, 0.15) is 50.2 Å². The van der Waals surface area contributed by atoms with Crippen LogP contribution in [0.2, 0.25) is 0 Å². The summed E-state index contributed by atoms with van der Waals surface area (Å²) in [7, 11) is 0. The normalized spacial score (nSPS) is 28.6. The summed E-state index contributed by atoms with van der Waals surface area (Å²) in [5, 5.41) is 2.64. The highest BCUT2D eigenvalue weighted by molar-refractivity contribution is 5.92. The monoisotopic (exact) mass is 433 g/mol. The number of alkyl halides is 3. The van der Waals surface area contributed by atoms with Crippen molar-refractivity contribution in [1.82, 2.24) is 5.32 Å². The summed E-state index contributed by atoms with van der Waals surface area (Å²) in [6, 6.07) is 4.43. The van der Waals surface area contributed by atoms with E-state index in [1.807, 2.05) is 0 Å². The number of hydrogen-bond donors (Lipinski definition) is 3. The smallest absolute Gasteiger partial charge is 0.367 e. The van der Waals surface area contributed by atoms with Gasteiger partial charge < -0.3 is 16.8 Å². The molecule has 0 heterocycles. The van der Waals surface area contributed by atoms with Crippen LogP contribution in [0.4, 0.5) is 13.2 Å². The molecule has 5 nitrogen and oxygen atoms in total. The van der Waals surface area contributed by atoms with Crippen molar-refractivity contribution in [2.75, 3.05) is 0 Å². The molecule has 2 aliphatic carbocycles. The SMILES string of the molecule is CC(NC(=O)C1CC2CCCC(C1)C2N)(C(N)=O)c1cccc(C(F)(F)F)c1.Cl. The molecule has 2 bridgehead atoms. The Morgan fingerprint density at radius 3 is 2.17 bits per heavy atom. The van der Waals surface area contributed by atoms with E-state index in [-0.39, 0.29) is 47.7 Å². The topological polar surface area (TPSA) is 98.2 Å². The predicted molar refractivity (Wildman–Crippen MR) is 105 cm³/mol. The van der Waals surface area contributed by atoms with E-state index in [1.54, 1.807) is 0 Å². The van der Waals surface area contributed by atoms with Gasteiger partial charge in [0.05, 0.1) is 5.56 Å². The van der Waals surface area contributed by atoms with E-state index in [1.165, 1.54) is 19.1 Å². The second-order valence-corrected chi connectivity index (χ2v) is 8.25. The third-order valence-corrected chi connectivity index (χ3v) is 6.42. The van der Waals surface area contributed by atoms with Crippen LogP contribution in [-0.2, 0) is 21.3 Å². The van der Waals surface area contributed by atoms with Gasteiger partial charge in [-0.2, -0.15) is 13.2 Å². The zero-order valence-electron chi connectivity index (χ0n) is 16.2. The molecule has 5 N–H and O–H groups in total. The summed E-state index contributed by atoms with van der Waals surface area (Å²) in [6.07, 6.45) is -0.262. The number of carbonyl (C=O) groups excluding carboxylic acids is 2. The maximum atomic E-state index is 13.1. The third kappa shape index (κ3) is 4.69. The Labute approximate surface area is 174 Å². The van der Waals surface area contributed by atoms with Gasteiger partial charge in [0.1, 0.15) is 5.54 Å². The Morgan fingerprint density at radius 2 is 1.66 bits per heavy atom. The van der Waals surface area contributed by atoms with E-state index in [2.05, 4.69) is 5.32 Å². The second kappa shape index (κ2) is 8.52. The Hall–Kier alpha value is -1.80. The minimum Gasteiger partial charge on any atom is -0.367 e. The summed E-state index contributed by atoms with van der Waals surface area (Å²) in [4.78, 5) is 25.1. The van der Waals surface area contributed by atoms with Gasteiger partial charge in [-0.25, -0.2) is 0 Å². The van der Waals surface area contributed by atoms with Crippen molar-refractivity contribution in [2.45, 2.75) is 56.8 Å². The zero-order valence-corrected chi connectivity index (χ0v) is 17.0. The maximum absolute atomic E-state index is 13.1. The van der Waals surface area contributed by atoms with Crippen molar-refractivity contribution < 1.29 is 22.8 Å². The molecule has 1 aromatic rings. The highest BCUT2D eigenvalue weighted by Crippen LogP contribution is 2.42. The molecule has 3 atom stereocenters. The lowest BCUT2D eigenvalue weighted by molar-refractivity contribution is -0.138. The summed E-state index contributed by atoms with van der Waals surface area (Å²) in [5.41, 5.74) is 9.14. The highest BCUT2D eigenvalue weighted by Gasteiger charge is 2.44. The molecule has 1 aromatic carbocycles. The van der Waals surface area contributed by atoms with Crippen LogP contribution < -0.4 is 16.8 Å². The first kappa shape index (κ1) is 23.5. The van der Waals surface area contributed by atoms with Crippen LogP contribution in [0.3, 0.4) is 0 Å². The van der Waals surface area contributed by atoms with Crippen LogP contribution in [0.25, 0.3) is 0 Å². The number of carbonyl (C=O) groups is 2. The molecular formula is C20H27ClF3N3O2. The number of fused-ring (bicyclic) bond motifs is 2. The lowest BCUT2D eigenvalue weighted by atomic mass is 9.65. The summed E-state index contributed by atoms with van der Waals surface area (Å²) < 4.78 is 39.2. The Balaban J connectivity index is 0.00000300. The van der Waals surface area contributed by atoms with Gasteiger partial charge in [-0.15, -0.1) is 12.4 Å². The van der Waals surface area contributed by atoms with Crippen molar-refractivity contribution in [2.24, 2.45) is 29.2 Å². The number of nitrogens with two attached hydrogens (primary N) is 2. The van der Waals surface area contributed by atoms with Gasteiger partial charge in [-0.05, 0) is 62.1 Å². The number of nitrogens with one attached hydrogen (secondary N) is 1. The van der Waals surface area contributed by atoms with Gasteiger partial charge in [0.15, 0.2) is 0 Å². The molecule has 0 spiro atoms. The van der Waals surface area contributed by atoms with Crippen LogP contribution in [0.15, 0.2) is 24.3 Å². The largest absolute Gasteiger partial charge is 0.416 e. The van der Waals surface area contributed by atoms with Crippen LogP contribution in [0.5, 0.6) is 0 Å². The minimum absolute atomic E-state index is 0. The average molecular weight is 434 g/mol. The first-order valence-electron chi connectivity index (χ1n) is 9.57. The molecule has 2 aliphatic rings. The molecule has 3 rings (SSSR count). The summed E-state index contributed by atoms with van der Waals surface area (Å²) >= 11 is 0. The maximum Gasteiger partial charge on any atom is 0.416 e. The summed E-state index contributed by atoms with van der Waals surface area (Å²) in [6.45, 7) is 1.35. The minimum atomic E-state index is -4.56. The molecule has 0 aromatic heterocycles. The van der Waals surface area contributed by atoms with E-state index in [0.29, 0.717) is 12.8 Å². The summed E-state index contributed by atoms with van der Waals surface area (Å²) in [5.74, 6) is -1.07. The quantitative estimate of drug-likeness (QED) is 0.680. The number of benzene rings is 1. The molecular weight excluding hydrogens is 407 g/mol. The van der Waals surface area contributed by atoms with Crippen molar-refractivity contribution in [3.8, 4) is 0 Å². The van der Waals surface area contributed by atoms with Crippen LogP contribution in [0, 0.1) is 17.8 Å². The molecule has 9 heteroatoms. The molecule has 0 radical (unpaired) electrons. The fourth-order valence-corrected chi connectivity index (χ4v) is 4.63. The lowest BCUT2D eigenvalue weighted by Gasteiger charge is -2.44. The van der Waals surface area contributed by atoms with Gasteiger partial charge >= 0.3 is 6.18 Å². The fourth-order valence-electron chi connectivity index (χ4n) is 4.63. The predicted octanol–water partition coefficient (Wildman–Crippen LogP) is 3.10. The molecule has 162 valence electrons. The molecule has 2 amide bonds. The molecule has 0 saturated heterocycles. The van der Waals surface area contributed by atoms with Gasteiger partial charge in [0.25, 0.3) is 0 Å². The third-order valence-electron chi connectivity index (χ3n) is 6.42. The Kier molecular flexibility index (Phi) is 6.89. The van der Waals surface area contributed by atoms with E-state index in [9.17, 15) is 22.8 Å². The number of halogens is 4. The standard InChI is InChI=1S/C20H26F3N3O2.ClH/c1-19(18(25)28,14-6-3-7-15(10-14)20(21,22)23)26-17(27)13-8-11-4-2-5-12(9-13)16(11)24;/h3,6-7,10-13,16H,2,4-5,8-9,24H2,1H3,(H2,25,28)(H,26,27);1H. The lowest BCUT2D eigenvalue weighted by Crippen LogP contribution is -2.56. The van der Waals surface area contributed by atoms with Gasteiger partial charge in [-0.1, -0.05) is 18.6 Å². The second-order valence-electron chi connectivity index (χ2n) is 8.25. The molecule has 3 unspecified atom stereocenters. The van der Waals surface area contributed by atoms with E-state index >= 15 is 0 Å². The fraction of sp³-hybridized carbons (Fsp3) is 0.600. The first-order valence-corrected chi connectivity index (χ1v) is 9.57. The van der Waals surface area contributed by atoms with Crippen molar-refractivity contribution in [1.29, 1.82) is 0 Å². The first-order chi connectivity index (χ1) is 13.0. The highest BCUT2D eigenvalue weighted by atomic mass is 35.5. The average Bonchev–Trinajstić information content (AvgIpc) is 2.60. The number of hydrogen-bond acceptors (Lipinski definition) is 3. The number of primary amides is 1. The molecule has 29 heavy (non-hydrogen) atoms. The Morgan fingerprint density at radius 1 is 1.10 bits per heavy atom. The molecule has 0 aliphatic heterocycles. The molecule has 2 fully saturated rings. The van der Waals surface area contributed by atoms with Gasteiger partial charge in [-0.3, -0.25) is 9.59 Å². The molecule has 2 saturated carbocycles. The van der Waals surface area contributed by atoms with Crippen molar-refractivity contribution in [3.63, 3.8) is 0 Å². The van der Waals surface area contributed by atoms with Crippen molar-refractivity contribution >= 4 is 24.2 Å². The van der Waals surface area contributed by atoms with Gasteiger partial charge in [0, 0.05) is 12.0 Å². The van der Waals surface area contributed by atoms with Crippen LogP contribution >= 0.6 is 12.4 Å². The Bertz CT molecular complexity index is 760. The van der Waals surface area contributed by atoms with Gasteiger partial charge in [0.2, 0.25) is 11.8 Å².